The fraction of sp³-hybridized carbons (Fsp3) is 0.667. The highest BCUT2D eigenvalue weighted by Gasteiger charge is 2.18. The van der Waals surface area contributed by atoms with E-state index < -0.39 is 6.10 Å². The molecule has 0 spiro atoms. The number of hydrogen-bond acceptors (Lipinski definition) is 4. The van der Waals surface area contributed by atoms with E-state index in [4.69, 9.17) is 0 Å². The van der Waals surface area contributed by atoms with E-state index in [1.807, 2.05) is 6.92 Å². The lowest BCUT2D eigenvalue weighted by Crippen LogP contribution is -2.34. The number of amides is 1. The summed E-state index contributed by atoms with van der Waals surface area (Å²) in [6, 6.07) is 1.73. The summed E-state index contributed by atoms with van der Waals surface area (Å²) in [6.45, 7) is 10.2. The van der Waals surface area contributed by atoms with E-state index in [2.05, 4.69) is 36.3 Å². The number of aliphatic hydroxyl groups is 1. The van der Waals surface area contributed by atoms with Crippen molar-refractivity contribution in [2.75, 3.05) is 6.54 Å². The number of aliphatic hydroxyl groups excluding tert-OH is 1. The molecule has 5 nitrogen and oxygen atoms in total. The van der Waals surface area contributed by atoms with Crippen molar-refractivity contribution in [2.45, 2.75) is 53.6 Å². The van der Waals surface area contributed by atoms with Gasteiger partial charge >= 0.3 is 0 Å². The van der Waals surface area contributed by atoms with Gasteiger partial charge in [-0.05, 0) is 31.2 Å². The number of hydrogen-bond donors (Lipinski definition) is 2. The summed E-state index contributed by atoms with van der Waals surface area (Å²) in [5.74, 6) is -0.201. The zero-order chi connectivity index (χ0) is 15.3. The number of carbonyl (C=O) groups is 1. The van der Waals surface area contributed by atoms with Gasteiger partial charge in [0.2, 0.25) is 0 Å². The van der Waals surface area contributed by atoms with Gasteiger partial charge in [-0.3, -0.25) is 4.79 Å². The van der Waals surface area contributed by atoms with Gasteiger partial charge in [-0.2, -0.15) is 10.2 Å². The molecule has 1 rings (SSSR count). The van der Waals surface area contributed by atoms with Crippen LogP contribution >= 0.6 is 0 Å². The van der Waals surface area contributed by atoms with Crippen LogP contribution in [0.25, 0.3) is 0 Å². The van der Waals surface area contributed by atoms with Crippen molar-refractivity contribution in [3.05, 3.63) is 23.0 Å². The van der Waals surface area contributed by atoms with Crippen molar-refractivity contribution >= 4 is 5.91 Å². The fourth-order valence-corrected chi connectivity index (χ4v) is 2.06. The molecule has 0 bridgehead atoms. The lowest BCUT2D eigenvalue weighted by atomic mass is 9.89. The minimum Gasteiger partial charge on any atom is -0.391 e. The highest BCUT2D eigenvalue weighted by molar-refractivity contribution is 5.95. The van der Waals surface area contributed by atoms with Crippen LogP contribution in [0.15, 0.2) is 6.07 Å². The Bertz CT molecular complexity index is 467. The first-order valence-electron chi connectivity index (χ1n) is 7.02. The van der Waals surface area contributed by atoms with Gasteiger partial charge in [0.15, 0.2) is 0 Å². The van der Waals surface area contributed by atoms with Crippen LogP contribution in [-0.2, 0) is 6.42 Å². The second-order valence-electron chi connectivity index (χ2n) is 6.33. The second kappa shape index (κ2) is 6.79. The fourth-order valence-electron chi connectivity index (χ4n) is 2.06. The number of rotatable bonds is 5. The smallest absolute Gasteiger partial charge is 0.253 e. The van der Waals surface area contributed by atoms with Crippen LogP contribution in [0.5, 0.6) is 0 Å². The Balaban J connectivity index is 2.65. The quantitative estimate of drug-likeness (QED) is 0.863. The van der Waals surface area contributed by atoms with Gasteiger partial charge in [-0.25, -0.2) is 0 Å². The first kappa shape index (κ1) is 16.6. The van der Waals surface area contributed by atoms with E-state index in [9.17, 15) is 9.90 Å². The first-order chi connectivity index (χ1) is 9.23. The first-order valence-corrected chi connectivity index (χ1v) is 7.02. The highest BCUT2D eigenvalue weighted by Crippen LogP contribution is 2.20. The van der Waals surface area contributed by atoms with Gasteiger partial charge in [-0.15, -0.1) is 0 Å². The normalized spacial score (nSPS) is 13.1. The number of nitrogens with one attached hydrogen (secondary N) is 1. The Kier molecular flexibility index (Phi) is 5.62. The van der Waals surface area contributed by atoms with Crippen LogP contribution < -0.4 is 5.32 Å². The van der Waals surface area contributed by atoms with Gasteiger partial charge in [0.1, 0.15) is 0 Å². The van der Waals surface area contributed by atoms with Crippen molar-refractivity contribution in [3.63, 3.8) is 0 Å². The average molecular weight is 279 g/mol. The van der Waals surface area contributed by atoms with Crippen molar-refractivity contribution < 1.29 is 9.90 Å². The number of nitrogens with zero attached hydrogens (tertiary/aromatic N) is 2. The monoisotopic (exact) mass is 279 g/mol. The Morgan fingerprint density at radius 2 is 2.05 bits per heavy atom. The zero-order valence-electron chi connectivity index (χ0n) is 13.0. The molecule has 0 aliphatic heterocycles. The van der Waals surface area contributed by atoms with Gasteiger partial charge < -0.3 is 10.4 Å². The van der Waals surface area contributed by atoms with Gasteiger partial charge in [0.05, 0.1) is 23.1 Å². The highest BCUT2D eigenvalue weighted by atomic mass is 16.3. The van der Waals surface area contributed by atoms with Crippen LogP contribution in [0.3, 0.4) is 0 Å². The minimum atomic E-state index is -0.542. The summed E-state index contributed by atoms with van der Waals surface area (Å²) in [7, 11) is 0. The van der Waals surface area contributed by atoms with Crippen LogP contribution in [0, 0.1) is 12.3 Å². The topological polar surface area (TPSA) is 75.1 Å². The molecular weight excluding hydrogens is 254 g/mol. The summed E-state index contributed by atoms with van der Waals surface area (Å²) in [5.41, 5.74) is 1.97. The summed E-state index contributed by atoms with van der Waals surface area (Å²) in [5, 5.41) is 20.7. The molecular formula is C15H25N3O2. The summed E-state index contributed by atoms with van der Waals surface area (Å²) in [6.07, 6.45) is 0.752. The Morgan fingerprint density at radius 3 is 2.60 bits per heavy atom. The van der Waals surface area contributed by atoms with Gasteiger partial charge in [-0.1, -0.05) is 27.7 Å². The largest absolute Gasteiger partial charge is 0.391 e. The standard InChI is InChI=1S/C15H25N3O2/c1-6-13-12(7-10(2)17-18-13)14(20)16-9-11(19)8-15(3,4)5/h7,11,19H,6,8-9H2,1-5H3,(H,16,20). The van der Waals surface area contributed by atoms with Crippen molar-refractivity contribution in [1.82, 2.24) is 15.5 Å². The molecule has 0 fully saturated rings. The Hall–Kier alpha value is -1.49. The van der Waals surface area contributed by atoms with E-state index in [0.29, 0.717) is 29.8 Å². The molecule has 1 aromatic heterocycles. The molecule has 1 heterocycles. The predicted octanol–water partition coefficient (Wildman–Crippen LogP) is 1.87. The van der Waals surface area contributed by atoms with Crippen molar-refractivity contribution in [1.29, 1.82) is 0 Å². The molecule has 0 aliphatic carbocycles. The minimum absolute atomic E-state index is 0.0353. The molecule has 112 valence electrons. The molecule has 1 aromatic rings. The average Bonchev–Trinajstić information content (AvgIpc) is 2.33. The molecule has 20 heavy (non-hydrogen) atoms. The van der Waals surface area contributed by atoms with Gasteiger partial charge in [0.25, 0.3) is 5.91 Å². The molecule has 0 aliphatic rings. The number of aryl methyl sites for hydroxylation is 2. The Labute approximate surface area is 120 Å². The van der Waals surface area contributed by atoms with Crippen LogP contribution in [0.4, 0.5) is 0 Å². The van der Waals surface area contributed by atoms with E-state index in [-0.39, 0.29) is 17.9 Å². The molecule has 5 heteroatoms. The predicted molar refractivity (Wildman–Crippen MR) is 78.6 cm³/mol. The molecule has 2 N–H and O–H groups in total. The lowest BCUT2D eigenvalue weighted by molar-refractivity contribution is 0.0867. The molecule has 1 unspecified atom stereocenters. The van der Waals surface area contributed by atoms with E-state index in [0.717, 1.165) is 0 Å². The summed E-state index contributed by atoms with van der Waals surface area (Å²) >= 11 is 0. The van der Waals surface area contributed by atoms with Crippen LogP contribution in [0.2, 0.25) is 0 Å². The molecule has 0 saturated heterocycles. The molecule has 1 atom stereocenters. The molecule has 0 saturated carbocycles. The SMILES string of the molecule is CCc1nnc(C)cc1C(=O)NCC(O)CC(C)(C)C. The third kappa shape index (κ3) is 5.25. The maximum atomic E-state index is 12.2. The second-order valence-corrected chi connectivity index (χ2v) is 6.33. The van der Waals surface area contributed by atoms with E-state index >= 15 is 0 Å². The third-order valence-corrected chi connectivity index (χ3v) is 2.92. The lowest BCUT2D eigenvalue weighted by Gasteiger charge is -2.22. The number of carbonyl (C=O) groups excluding carboxylic acids is 1. The molecule has 0 aromatic carbocycles. The van der Waals surface area contributed by atoms with Crippen LogP contribution in [-0.4, -0.2) is 33.9 Å². The maximum Gasteiger partial charge on any atom is 0.253 e. The molecule has 0 radical (unpaired) electrons. The van der Waals surface area contributed by atoms with E-state index in [1.165, 1.54) is 0 Å². The summed E-state index contributed by atoms with van der Waals surface area (Å²) in [4.78, 5) is 12.2. The van der Waals surface area contributed by atoms with Crippen molar-refractivity contribution in [3.8, 4) is 0 Å². The Morgan fingerprint density at radius 1 is 1.40 bits per heavy atom. The van der Waals surface area contributed by atoms with Crippen molar-refractivity contribution in [2.24, 2.45) is 5.41 Å². The summed E-state index contributed by atoms with van der Waals surface area (Å²) < 4.78 is 0. The van der Waals surface area contributed by atoms with E-state index in [1.54, 1.807) is 13.0 Å². The zero-order valence-corrected chi connectivity index (χ0v) is 13.0. The van der Waals surface area contributed by atoms with Crippen LogP contribution in [0.1, 0.15) is 55.9 Å². The number of aromatic nitrogens is 2. The maximum absolute atomic E-state index is 12.2. The van der Waals surface area contributed by atoms with Gasteiger partial charge in [0, 0.05) is 6.54 Å². The molecule has 1 amide bonds. The third-order valence-electron chi connectivity index (χ3n) is 2.92.